The number of nitrogens with zero attached hydrogens (tertiary/aromatic N) is 4. The molecule has 0 bridgehead atoms. The fraction of sp³-hybridized carbons (Fsp3) is 0.727. The van der Waals surface area contributed by atoms with Crippen LogP contribution in [-0.2, 0) is 11.3 Å². The lowest BCUT2D eigenvalue weighted by atomic mass is 9.91. The number of hydrogen-bond donors (Lipinski definition) is 1. The Bertz CT molecular complexity index is 366. The van der Waals surface area contributed by atoms with Gasteiger partial charge in [-0.25, -0.2) is 4.68 Å². The molecule has 0 radical (unpaired) electrons. The average Bonchev–Trinajstić information content (AvgIpc) is 2.81. The number of likely N-dealkylation sites (N-methyl/N-ethyl adjacent to an activating group) is 1. The van der Waals surface area contributed by atoms with Gasteiger partial charge in [0.2, 0.25) is 5.91 Å². The lowest BCUT2D eigenvalue weighted by molar-refractivity contribution is -0.136. The van der Waals surface area contributed by atoms with Crippen LogP contribution in [0.3, 0.4) is 0 Å². The van der Waals surface area contributed by atoms with E-state index in [0.717, 1.165) is 25.7 Å². The minimum Gasteiger partial charge on any atom is -0.391 e. The Labute approximate surface area is 100 Å². The highest BCUT2D eigenvalue weighted by Gasteiger charge is 2.29. The van der Waals surface area contributed by atoms with Gasteiger partial charge in [0.1, 0.15) is 6.54 Å². The highest BCUT2D eigenvalue weighted by Crippen LogP contribution is 2.22. The molecule has 0 aliphatic heterocycles. The first-order valence-electron chi connectivity index (χ1n) is 5.96. The highest BCUT2D eigenvalue weighted by atomic mass is 16.3. The summed E-state index contributed by atoms with van der Waals surface area (Å²) in [6.45, 7) is 0.180. The van der Waals surface area contributed by atoms with Crippen molar-refractivity contribution in [3.63, 3.8) is 0 Å². The molecule has 1 amide bonds. The molecular formula is C11H18N4O2. The minimum atomic E-state index is -0.395. The van der Waals surface area contributed by atoms with Crippen LogP contribution in [0.1, 0.15) is 25.7 Å². The van der Waals surface area contributed by atoms with Crippen molar-refractivity contribution in [3.8, 4) is 0 Å². The van der Waals surface area contributed by atoms with Gasteiger partial charge in [0.05, 0.1) is 18.3 Å². The summed E-state index contributed by atoms with van der Waals surface area (Å²) in [5, 5.41) is 17.3. The third-order valence-electron chi connectivity index (χ3n) is 3.35. The number of amides is 1. The molecule has 1 aliphatic rings. The van der Waals surface area contributed by atoms with Gasteiger partial charge < -0.3 is 10.0 Å². The number of aliphatic hydroxyl groups is 1. The Morgan fingerprint density at radius 3 is 2.94 bits per heavy atom. The van der Waals surface area contributed by atoms with E-state index in [9.17, 15) is 9.90 Å². The second-order valence-corrected chi connectivity index (χ2v) is 4.52. The topological polar surface area (TPSA) is 71.2 Å². The molecule has 1 N–H and O–H groups in total. The molecule has 17 heavy (non-hydrogen) atoms. The van der Waals surface area contributed by atoms with E-state index < -0.39 is 6.10 Å². The molecule has 0 spiro atoms. The van der Waals surface area contributed by atoms with Crippen molar-refractivity contribution in [2.75, 3.05) is 7.05 Å². The summed E-state index contributed by atoms with van der Waals surface area (Å²) >= 11 is 0. The summed E-state index contributed by atoms with van der Waals surface area (Å²) < 4.78 is 1.49. The Hall–Kier alpha value is -1.43. The van der Waals surface area contributed by atoms with Crippen molar-refractivity contribution in [3.05, 3.63) is 12.4 Å². The van der Waals surface area contributed by atoms with Crippen LogP contribution in [0.15, 0.2) is 12.4 Å². The number of carbonyl (C=O) groups is 1. The zero-order valence-corrected chi connectivity index (χ0v) is 9.99. The maximum Gasteiger partial charge on any atom is 0.244 e. The van der Waals surface area contributed by atoms with E-state index in [2.05, 4.69) is 10.3 Å². The van der Waals surface area contributed by atoms with Gasteiger partial charge in [0, 0.05) is 13.2 Å². The van der Waals surface area contributed by atoms with Crippen LogP contribution in [0.2, 0.25) is 0 Å². The second-order valence-electron chi connectivity index (χ2n) is 4.52. The minimum absolute atomic E-state index is 0.0403. The molecule has 1 aromatic heterocycles. The molecule has 6 nitrogen and oxygen atoms in total. The molecule has 1 aliphatic carbocycles. The zero-order chi connectivity index (χ0) is 12.3. The van der Waals surface area contributed by atoms with Gasteiger partial charge >= 0.3 is 0 Å². The van der Waals surface area contributed by atoms with Crippen LogP contribution in [0, 0.1) is 0 Å². The van der Waals surface area contributed by atoms with E-state index in [0.29, 0.717) is 0 Å². The Kier molecular flexibility index (Phi) is 3.73. The summed E-state index contributed by atoms with van der Waals surface area (Å²) in [6, 6.07) is -0.0558. The highest BCUT2D eigenvalue weighted by molar-refractivity contribution is 5.76. The second kappa shape index (κ2) is 5.27. The quantitative estimate of drug-likeness (QED) is 0.807. The Balaban J connectivity index is 1.94. The van der Waals surface area contributed by atoms with Crippen molar-refractivity contribution in [1.29, 1.82) is 0 Å². The Morgan fingerprint density at radius 2 is 2.29 bits per heavy atom. The normalized spacial score (nSPS) is 24.6. The summed E-state index contributed by atoms with van der Waals surface area (Å²) in [4.78, 5) is 13.6. The van der Waals surface area contributed by atoms with Crippen LogP contribution >= 0.6 is 0 Å². The van der Waals surface area contributed by atoms with E-state index in [1.165, 1.54) is 4.68 Å². The summed E-state index contributed by atoms with van der Waals surface area (Å²) in [7, 11) is 1.75. The van der Waals surface area contributed by atoms with Crippen LogP contribution in [0.4, 0.5) is 0 Å². The zero-order valence-electron chi connectivity index (χ0n) is 9.99. The summed E-state index contributed by atoms with van der Waals surface area (Å²) in [5.41, 5.74) is 0. The van der Waals surface area contributed by atoms with E-state index in [1.54, 1.807) is 24.3 Å². The monoisotopic (exact) mass is 238 g/mol. The van der Waals surface area contributed by atoms with E-state index in [1.807, 2.05) is 0 Å². The fourth-order valence-electron chi connectivity index (χ4n) is 2.30. The first-order valence-corrected chi connectivity index (χ1v) is 5.96. The molecule has 1 heterocycles. The molecule has 0 aromatic carbocycles. The van der Waals surface area contributed by atoms with Gasteiger partial charge in [0.25, 0.3) is 0 Å². The predicted molar refractivity (Wildman–Crippen MR) is 61.1 cm³/mol. The molecule has 2 atom stereocenters. The lowest BCUT2D eigenvalue weighted by Crippen LogP contribution is -2.47. The van der Waals surface area contributed by atoms with Crippen molar-refractivity contribution in [1.82, 2.24) is 19.9 Å². The molecular weight excluding hydrogens is 220 g/mol. The molecule has 2 rings (SSSR count). The van der Waals surface area contributed by atoms with Crippen LogP contribution < -0.4 is 0 Å². The smallest absolute Gasteiger partial charge is 0.244 e. The largest absolute Gasteiger partial charge is 0.391 e. The number of aromatic nitrogens is 3. The van der Waals surface area contributed by atoms with Gasteiger partial charge in [-0.2, -0.15) is 0 Å². The van der Waals surface area contributed by atoms with Crippen molar-refractivity contribution >= 4 is 5.91 Å². The molecule has 94 valence electrons. The summed E-state index contributed by atoms with van der Waals surface area (Å²) in [5.74, 6) is -0.0403. The van der Waals surface area contributed by atoms with E-state index in [-0.39, 0.29) is 18.5 Å². The fourth-order valence-corrected chi connectivity index (χ4v) is 2.30. The first-order chi connectivity index (χ1) is 8.18. The van der Waals surface area contributed by atoms with Gasteiger partial charge in [-0.1, -0.05) is 18.1 Å². The molecule has 1 aromatic rings. The van der Waals surface area contributed by atoms with E-state index >= 15 is 0 Å². The van der Waals surface area contributed by atoms with Gasteiger partial charge in [-0.3, -0.25) is 4.79 Å². The molecule has 2 unspecified atom stereocenters. The average molecular weight is 238 g/mol. The number of hydrogen-bond acceptors (Lipinski definition) is 4. The maximum atomic E-state index is 12.0. The predicted octanol–water partition coefficient (Wildman–Crippen LogP) is 0.0400. The van der Waals surface area contributed by atoms with Crippen LogP contribution in [0.25, 0.3) is 0 Å². The third-order valence-corrected chi connectivity index (χ3v) is 3.35. The third kappa shape index (κ3) is 2.82. The van der Waals surface area contributed by atoms with Gasteiger partial charge in [-0.15, -0.1) is 5.10 Å². The molecule has 6 heteroatoms. The van der Waals surface area contributed by atoms with Crippen molar-refractivity contribution in [2.45, 2.75) is 44.4 Å². The molecule has 1 fully saturated rings. The van der Waals surface area contributed by atoms with Gasteiger partial charge in [-0.05, 0) is 12.8 Å². The van der Waals surface area contributed by atoms with Crippen molar-refractivity contribution in [2.24, 2.45) is 0 Å². The molecule has 0 saturated heterocycles. The van der Waals surface area contributed by atoms with Crippen LogP contribution in [-0.4, -0.2) is 50.1 Å². The Morgan fingerprint density at radius 1 is 1.53 bits per heavy atom. The van der Waals surface area contributed by atoms with Crippen molar-refractivity contribution < 1.29 is 9.90 Å². The first kappa shape index (κ1) is 12.0. The van der Waals surface area contributed by atoms with E-state index in [4.69, 9.17) is 0 Å². The lowest BCUT2D eigenvalue weighted by Gasteiger charge is -2.35. The standard InChI is InChI=1S/C11H18N4O2/c1-14(9-4-2-3-5-10(9)16)11(17)8-15-7-6-12-13-15/h6-7,9-10,16H,2-5,8H2,1H3. The van der Waals surface area contributed by atoms with Gasteiger partial charge in [0.15, 0.2) is 0 Å². The molecule has 1 saturated carbocycles. The number of rotatable bonds is 3. The summed E-state index contributed by atoms with van der Waals surface area (Å²) in [6.07, 6.45) is 6.58. The SMILES string of the molecule is CN(C(=O)Cn1ccnn1)C1CCCCC1O. The van der Waals surface area contributed by atoms with Crippen LogP contribution in [0.5, 0.6) is 0 Å². The number of aliphatic hydroxyl groups excluding tert-OH is 1. The number of carbonyl (C=O) groups excluding carboxylic acids is 1. The maximum absolute atomic E-state index is 12.0.